The molecular weight excluding hydrogens is 1060 g/mol. The third-order valence-electron chi connectivity index (χ3n) is 21.1. The molecule has 0 radical (unpaired) electrons. The highest BCUT2D eigenvalue weighted by molar-refractivity contribution is 6.23. The molecule has 0 N–H and O–H groups in total. The predicted octanol–water partition coefficient (Wildman–Crippen LogP) is 24.3. The molecule has 0 unspecified atom stereocenters. The monoisotopic (exact) mass is 1120 g/mol. The minimum absolute atomic E-state index is 0.0838. The zero-order chi connectivity index (χ0) is 59.5. The van der Waals surface area contributed by atoms with Gasteiger partial charge in [0.1, 0.15) is 0 Å². The quantitative estimate of drug-likeness (QED) is 0.140. The molecule has 88 heavy (non-hydrogen) atoms. The van der Waals surface area contributed by atoms with E-state index < -0.39 is 0 Å². The van der Waals surface area contributed by atoms with Crippen molar-refractivity contribution in [3.05, 3.63) is 300 Å². The van der Waals surface area contributed by atoms with Gasteiger partial charge in [-0.15, -0.1) is 0 Å². The van der Waals surface area contributed by atoms with Gasteiger partial charge in [-0.3, -0.25) is 0 Å². The first kappa shape index (κ1) is 52.4. The molecule has 0 bridgehead atoms. The van der Waals surface area contributed by atoms with Crippen LogP contribution in [0.3, 0.4) is 0 Å². The van der Waals surface area contributed by atoms with Gasteiger partial charge in [0.2, 0.25) is 0 Å². The molecule has 0 amide bonds. The van der Waals surface area contributed by atoms with E-state index in [1.807, 2.05) is 0 Å². The molecule has 14 aromatic carbocycles. The summed E-state index contributed by atoms with van der Waals surface area (Å²) in [7, 11) is 0. The van der Waals surface area contributed by atoms with Crippen molar-refractivity contribution in [2.75, 3.05) is 0 Å². The van der Waals surface area contributed by atoms with Gasteiger partial charge < -0.3 is 0 Å². The second kappa shape index (κ2) is 19.1. The van der Waals surface area contributed by atoms with Crippen LogP contribution in [0, 0.1) is 0 Å². The minimum atomic E-state index is -0.225. The van der Waals surface area contributed by atoms with Crippen LogP contribution < -0.4 is 0 Å². The summed E-state index contributed by atoms with van der Waals surface area (Å²) in [5.74, 6) is 0.512. The molecule has 0 aliphatic heterocycles. The Morgan fingerprint density at radius 1 is 0.205 bits per heavy atom. The van der Waals surface area contributed by atoms with Crippen molar-refractivity contribution in [1.82, 2.24) is 0 Å². The SMILES string of the molecule is CC(C)c1ccc(-c2ccc(-c3c4ccccc4c(-c4ccc5c(c4)C(C)(C)c4cc(-c6ccc7c(c6)C(C)(C)c6cc(-c8c9ccccc9c(-c9ccc%10c(c9)C(C)(C)c9ccccc9-%10)c9ccccc89)ccc6-7)ccc4-5)c4ccccc34)cc2)cc1. The molecule has 0 saturated heterocycles. The molecule has 420 valence electrons. The van der Waals surface area contributed by atoms with E-state index in [-0.39, 0.29) is 16.2 Å². The van der Waals surface area contributed by atoms with Crippen LogP contribution in [-0.2, 0) is 16.2 Å². The molecule has 0 saturated carbocycles. The molecular formula is C88H68. The van der Waals surface area contributed by atoms with E-state index in [0.29, 0.717) is 5.92 Å². The van der Waals surface area contributed by atoms with Crippen LogP contribution in [0.2, 0.25) is 0 Å². The number of fused-ring (bicyclic) bond motifs is 13. The summed E-state index contributed by atoms with van der Waals surface area (Å²) in [5.41, 5.74) is 32.4. The Morgan fingerprint density at radius 3 is 0.761 bits per heavy atom. The van der Waals surface area contributed by atoms with Crippen molar-refractivity contribution in [3.63, 3.8) is 0 Å². The lowest BCUT2D eigenvalue weighted by Crippen LogP contribution is -2.15. The maximum Gasteiger partial charge on any atom is 0.0159 e. The standard InChI is InChI=1S/C88H68/c1-52(2)53-29-31-54(32-30-53)55-33-35-56(36-34-55)82-68-20-9-11-22-70(68)83(71-23-12-10-21-69(71)82)60-40-45-66-64-42-37-57(47-77(64)87(5,6)80(66)50-60)58-38-43-65-67-46-41-61(51-81(67)88(7,8)78(65)48-58)85-74-26-15-13-24-72(74)84(73-25-14-16-27-75(73)85)59-39-44-63-62-19-17-18-28-76(62)86(3,4)79(63)49-59/h9-52H,1-8H3. The molecule has 17 rings (SSSR count). The largest absolute Gasteiger partial charge is 0.0619 e. The lowest BCUT2D eigenvalue weighted by atomic mass is 9.79. The van der Waals surface area contributed by atoms with Gasteiger partial charge in [-0.05, 0) is 218 Å². The van der Waals surface area contributed by atoms with Crippen molar-refractivity contribution in [1.29, 1.82) is 0 Å². The second-order valence-electron chi connectivity index (χ2n) is 27.3. The molecule has 0 nitrogen and oxygen atoms in total. The zero-order valence-corrected chi connectivity index (χ0v) is 51.4. The summed E-state index contributed by atoms with van der Waals surface area (Å²) in [6, 6.07) is 100.0. The summed E-state index contributed by atoms with van der Waals surface area (Å²) in [6.45, 7) is 19.0. The van der Waals surface area contributed by atoms with Gasteiger partial charge in [0.15, 0.2) is 0 Å². The van der Waals surface area contributed by atoms with Crippen LogP contribution in [0.25, 0.3) is 143 Å². The van der Waals surface area contributed by atoms with E-state index in [1.165, 1.54) is 182 Å². The van der Waals surface area contributed by atoms with Gasteiger partial charge in [0.25, 0.3) is 0 Å². The van der Waals surface area contributed by atoms with Gasteiger partial charge in [0, 0.05) is 16.2 Å². The van der Waals surface area contributed by atoms with Gasteiger partial charge in [-0.25, -0.2) is 0 Å². The summed E-state index contributed by atoms with van der Waals surface area (Å²) in [5, 5.41) is 10.2. The van der Waals surface area contributed by atoms with Crippen LogP contribution in [0.15, 0.2) is 261 Å². The van der Waals surface area contributed by atoms with Crippen molar-refractivity contribution < 1.29 is 0 Å². The molecule has 0 atom stereocenters. The Kier molecular flexibility index (Phi) is 11.4. The molecule has 3 aliphatic carbocycles. The fraction of sp³-hybridized carbons (Fsp3) is 0.136. The summed E-state index contributed by atoms with van der Waals surface area (Å²) in [4.78, 5) is 0. The van der Waals surface area contributed by atoms with Crippen LogP contribution in [0.4, 0.5) is 0 Å². The van der Waals surface area contributed by atoms with Crippen molar-refractivity contribution in [2.45, 2.75) is 77.6 Å². The van der Waals surface area contributed by atoms with Crippen LogP contribution in [0.1, 0.15) is 100 Å². The highest BCUT2D eigenvalue weighted by Crippen LogP contribution is 2.56. The third kappa shape index (κ3) is 7.58. The normalized spacial score (nSPS) is 14.5. The highest BCUT2D eigenvalue weighted by atomic mass is 14.4. The van der Waals surface area contributed by atoms with E-state index in [4.69, 9.17) is 0 Å². The van der Waals surface area contributed by atoms with Crippen molar-refractivity contribution in [3.8, 4) is 100 Å². The molecule has 14 aromatic rings. The summed E-state index contributed by atoms with van der Waals surface area (Å²) < 4.78 is 0. The van der Waals surface area contributed by atoms with Gasteiger partial charge in [0.05, 0.1) is 0 Å². The average molecular weight is 1130 g/mol. The van der Waals surface area contributed by atoms with E-state index in [2.05, 4.69) is 316 Å². The number of rotatable bonds is 7. The van der Waals surface area contributed by atoms with Gasteiger partial charge >= 0.3 is 0 Å². The zero-order valence-electron chi connectivity index (χ0n) is 51.4. The fourth-order valence-electron chi connectivity index (χ4n) is 16.4. The van der Waals surface area contributed by atoms with Gasteiger partial charge in [-0.1, -0.05) is 286 Å². The number of hydrogen-bond acceptors (Lipinski definition) is 0. The Bertz CT molecular complexity index is 5170. The summed E-state index contributed by atoms with van der Waals surface area (Å²) >= 11 is 0. The highest BCUT2D eigenvalue weighted by Gasteiger charge is 2.39. The van der Waals surface area contributed by atoms with E-state index in [0.717, 1.165) is 0 Å². The van der Waals surface area contributed by atoms with E-state index >= 15 is 0 Å². The van der Waals surface area contributed by atoms with Crippen molar-refractivity contribution >= 4 is 43.1 Å². The van der Waals surface area contributed by atoms with Crippen LogP contribution >= 0.6 is 0 Å². The molecule has 0 aromatic heterocycles. The van der Waals surface area contributed by atoms with Crippen LogP contribution in [0.5, 0.6) is 0 Å². The fourth-order valence-corrected chi connectivity index (χ4v) is 16.4. The molecule has 0 spiro atoms. The van der Waals surface area contributed by atoms with E-state index in [9.17, 15) is 0 Å². The minimum Gasteiger partial charge on any atom is -0.0619 e. The molecule has 0 fully saturated rings. The molecule has 3 aliphatic rings. The molecule has 0 heterocycles. The Labute approximate surface area is 517 Å². The third-order valence-corrected chi connectivity index (χ3v) is 21.1. The first-order valence-electron chi connectivity index (χ1n) is 31.7. The van der Waals surface area contributed by atoms with E-state index in [1.54, 1.807) is 0 Å². The Balaban J connectivity index is 0.705. The van der Waals surface area contributed by atoms with Crippen molar-refractivity contribution in [2.24, 2.45) is 0 Å². The number of hydrogen-bond donors (Lipinski definition) is 0. The lowest BCUT2D eigenvalue weighted by molar-refractivity contribution is 0.660. The number of benzene rings is 14. The average Bonchev–Trinajstić information content (AvgIpc) is 1.36. The van der Waals surface area contributed by atoms with Gasteiger partial charge in [-0.2, -0.15) is 0 Å². The predicted molar refractivity (Wildman–Crippen MR) is 376 cm³/mol. The van der Waals surface area contributed by atoms with Crippen LogP contribution in [-0.4, -0.2) is 0 Å². The Morgan fingerprint density at radius 2 is 0.432 bits per heavy atom. The lowest BCUT2D eigenvalue weighted by Gasteiger charge is -2.24. The molecule has 0 heteroatoms. The summed E-state index contributed by atoms with van der Waals surface area (Å²) in [6.07, 6.45) is 0. The first-order chi connectivity index (χ1) is 42.7. The maximum atomic E-state index is 2.52. The first-order valence-corrected chi connectivity index (χ1v) is 31.7. The maximum absolute atomic E-state index is 2.52. The Hall–Kier alpha value is -9.88. The topological polar surface area (TPSA) is 0 Å². The second-order valence-corrected chi connectivity index (χ2v) is 27.3. The smallest absolute Gasteiger partial charge is 0.0159 e.